The molecule has 0 amide bonds. The summed E-state index contributed by atoms with van der Waals surface area (Å²) in [6.07, 6.45) is 2.56. The Kier molecular flexibility index (Phi) is 38.1. The predicted molar refractivity (Wildman–Crippen MR) is 41.4 cm³/mol. The minimum atomic E-state index is 0. The number of hydrogen-bond acceptors (Lipinski definition) is 4. The van der Waals surface area contributed by atoms with Crippen LogP contribution in [0.3, 0.4) is 0 Å². The summed E-state index contributed by atoms with van der Waals surface area (Å²) in [5.74, 6) is 0. The Balaban J connectivity index is -0.0000000875. The van der Waals surface area contributed by atoms with Crippen LogP contribution in [0.25, 0.3) is 0 Å². The molecule has 1 saturated heterocycles. The Labute approximate surface area is 62.4 Å². The topological polar surface area (TPSA) is 84.7 Å². The molecule has 4 heteroatoms. The normalized spacial score (nSPS) is 13.2. The summed E-state index contributed by atoms with van der Waals surface area (Å²) < 4.78 is 4.94. The molecule has 66 valence electrons. The van der Waals surface area contributed by atoms with Gasteiger partial charge in [-0.1, -0.05) is 0 Å². The van der Waals surface area contributed by atoms with E-state index in [1.54, 1.807) is 0 Å². The van der Waals surface area contributed by atoms with E-state index in [0.717, 1.165) is 27.4 Å². The largest absolute Gasteiger partial charge is 0.400 e. The SMILES string of the molecule is C1CCOC1.CO.CO.N. The van der Waals surface area contributed by atoms with Crippen molar-refractivity contribution in [3.8, 4) is 0 Å². The van der Waals surface area contributed by atoms with E-state index in [0.29, 0.717) is 0 Å². The molecule has 1 fully saturated rings. The first-order valence-electron chi connectivity index (χ1n) is 2.97. The molecule has 10 heavy (non-hydrogen) atoms. The second-order valence-electron chi connectivity index (χ2n) is 1.32. The van der Waals surface area contributed by atoms with E-state index in [9.17, 15) is 0 Å². The predicted octanol–water partition coefficient (Wildman–Crippen LogP) is 0.176. The van der Waals surface area contributed by atoms with E-state index in [-0.39, 0.29) is 6.15 Å². The van der Waals surface area contributed by atoms with Crippen LogP contribution in [0.15, 0.2) is 0 Å². The lowest BCUT2D eigenvalue weighted by atomic mass is 10.4. The highest BCUT2D eigenvalue weighted by Gasteiger charge is 1.94. The van der Waals surface area contributed by atoms with Gasteiger partial charge in [-0.05, 0) is 12.8 Å². The van der Waals surface area contributed by atoms with Crippen LogP contribution in [-0.2, 0) is 4.74 Å². The third-order valence-electron chi connectivity index (χ3n) is 0.827. The summed E-state index contributed by atoms with van der Waals surface area (Å²) in [4.78, 5) is 0. The van der Waals surface area contributed by atoms with E-state index < -0.39 is 0 Å². The Bertz CT molecular complexity index is 24.6. The number of ether oxygens (including phenoxy) is 1. The lowest BCUT2D eigenvalue weighted by molar-refractivity contribution is 0.198. The van der Waals surface area contributed by atoms with Gasteiger partial charge in [0.2, 0.25) is 0 Å². The van der Waals surface area contributed by atoms with Crippen LogP contribution in [-0.4, -0.2) is 37.6 Å². The van der Waals surface area contributed by atoms with Crippen LogP contribution in [0.1, 0.15) is 12.8 Å². The number of hydrogen-bond donors (Lipinski definition) is 3. The highest BCUT2D eigenvalue weighted by atomic mass is 16.5. The zero-order valence-electron chi connectivity index (χ0n) is 6.84. The van der Waals surface area contributed by atoms with Crippen molar-refractivity contribution >= 4 is 0 Å². The van der Waals surface area contributed by atoms with Gasteiger partial charge in [0.25, 0.3) is 0 Å². The minimum absolute atomic E-state index is 0. The summed E-state index contributed by atoms with van der Waals surface area (Å²) >= 11 is 0. The molecular formula is C6H19NO3. The van der Waals surface area contributed by atoms with Gasteiger partial charge in [-0.25, -0.2) is 0 Å². The molecule has 1 rings (SSSR count). The Hall–Kier alpha value is -0.160. The van der Waals surface area contributed by atoms with E-state index >= 15 is 0 Å². The third-order valence-corrected chi connectivity index (χ3v) is 0.827. The first kappa shape index (κ1) is 16.4. The zero-order valence-corrected chi connectivity index (χ0v) is 6.84. The summed E-state index contributed by atoms with van der Waals surface area (Å²) in [6, 6.07) is 0. The molecule has 4 nitrogen and oxygen atoms in total. The van der Waals surface area contributed by atoms with Gasteiger partial charge in [0.1, 0.15) is 0 Å². The van der Waals surface area contributed by atoms with Crippen LogP contribution in [0, 0.1) is 0 Å². The van der Waals surface area contributed by atoms with Crippen molar-refractivity contribution in [1.82, 2.24) is 6.15 Å². The molecule has 0 aromatic rings. The molecule has 1 aliphatic rings. The molecule has 0 bridgehead atoms. The first-order valence-corrected chi connectivity index (χ1v) is 2.97. The highest BCUT2D eigenvalue weighted by molar-refractivity contribution is 4.43. The lowest BCUT2D eigenvalue weighted by Gasteiger charge is -1.76. The van der Waals surface area contributed by atoms with Crippen LogP contribution >= 0.6 is 0 Å². The number of rotatable bonds is 0. The summed E-state index contributed by atoms with van der Waals surface area (Å²) in [5.41, 5.74) is 0. The van der Waals surface area contributed by atoms with Crippen molar-refractivity contribution in [2.75, 3.05) is 27.4 Å². The van der Waals surface area contributed by atoms with E-state index in [1.165, 1.54) is 12.8 Å². The monoisotopic (exact) mass is 153 g/mol. The van der Waals surface area contributed by atoms with Crippen molar-refractivity contribution < 1.29 is 14.9 Å². The van der Waals surface area contributed by atoms with Crippen LogP contribution in [0.5, 0.6) is 0 Å². The second-order valence-corrected chi connectivity index (χ2v) is 1.32. The van der Waals surface area contributed by atoms with Crippen molar-refractivity contribution in [1.29, 1.82) is 0 Å². The maximum Gasteiger partial charge on any atom is 0.0466 e. The molecule has 0 radical (unpaired) electrons. The van der Waals surface area contributed by atoms with Gasteiger partial charge in [-0.2, -0.15) is 0 Å². The Morgan fingerprint density at radius 1 is 0.900 bits per heavy atom. The summed E-state index contributed by atoms with van der Waals surface area (Å²) in [6.45, 7) is 2.00. The standard InChI is InChI=1S/C4H8O.2CH4O.H3N/c1-2-4-5-3-1;2*1-2;/h1-4H2;2*2H,1H3;1H3. The fourth-order valence-electron chi connectivity index (χ4n) is 0.510. The average molecular weight is 153 g/mol. The van der Waals surface area contributed by atoms with Gasteiger partial charge in [0.15, 0.2) is 0 Å². The fraction of sp³-hybridized carbons (Fsp3) is 1.00. The quantitative estimate of drug-likeness (QED) is 0.463. The summed E-state index contributed by atoms with van der Waals surface area (Å²) in [5, 5.41) is 14.0. The molecule has 1 heterocycles. The molecule has 0 unspecified atom stereocenters. The van der Waals surface area contributed by atoms with Gasteiger partial charge in [-0.15, -0.1) is 0 Å². The van der Waals surface area contributed by atoms with Gasteiger partial charge in [0, 0.05) is 27.4 Å². The first-order chi connectivity index (χ1) is 4.50. The van der Waals surface area contributed by atoms with E-state index in [2.05, 4.69) is 0 Å². The lowest BCUT2D eigenvalue weighted by Crippen LogP contribution is -1.74. The molecule has 0 aromatic heterocycles. The van der Waals surface area contributed by atoms with E-state index in [4.69, 9.17) is 14.9 Å². The molecular weight excluding hydrogens is 134 g/mol. The average Bonchev–Trinajstić information content (AvgIpc) is 2.51. The Morgan fingerprint density at radius 3 is 1.30 bits per heavy atom. The van der Waals surface area contributed by atoms with Gasteiger partial charge in [-0.3, -0.25) is 0 Å². The number of aliphatic hydroxyl groups excluding tert-OH is 2. The highest BCUT2D eigenvalue weighted by Crippen LogP contribution is 1.98. The molecule has 1 aliphatic heterocycles. The Morgan fingerprint density at radius 2 is 1.20 bits per heavy atom. The second kappa shape index (κ2) is 23.2. The minimum Gasteiger partial charge on any atom is -0.400 e. The summed E-state index contributed by atoms with van der Waals surface area (Å²) in [7, 11) is 2.00. The number of aliphatic hydroxyl groups is 2. The van der Waals surface area contributed by atoms with Gasteiger partial charge < -0.3 is 21.1 Å². The van der Waals surface area contributed by atoms with Crippen molar-refractivity contribution in [2.24, 2.45) is 0 Å². The molecule has 0 spiro atoms. The molecule has 0 atom stereocenters. The molecule has 0 aliphatic carbocycles. The smallest absolute Gasteiger partial charge is 0.0466 e. The van der Waals surface area contributed by atoms with Gasteiger partial charge in [0.05, 0.1) is 0 Å². The van der Waals surface area contributed by atoms with E-state index in [1.807, 2.05) is 0 Å². The van der Waals surface area contributed by atoms with Crippen molar-refractivity contribution in [3.05, 3.63) is 0 Å². The van der Waals surface area contributed by atoms with Crippen LogP contribution in [0.2, 0.25) is 0 Å². The van der Waals surface area contributed by atoms with Crippen LogP contribution in [0.4, 0.5) is 0 Å². The van der Waals surface area contributed by atoms with Crippen molar-refractivity contribution in [3.63, 3.8) is 0 Å². The molecule has 5 N–H and O–H groups in total. The third kappa shape index (κ3) is 15.7. The fourth-order valence-corrected chi connectivity index (χ4v) is 0.510. The molecule has 0 saturated carbocycles. The molecule has 0 aromatic carbocycles. The maximum atomic E-state index is 7.00. The van der Waals surface area contributed by atoms with Gasteiger partial charge >= 0.3 is 0 Å². The van der Waals surface area contributed by atoms with Crippen LogP contribution < -0.4 is 6.15 Å². The van der Waals surface area contributed by atoms with Crippen molar-refractivity contribution in [2.45, 2.75) is 12.8 Å². The zero-order chi connectivity index (χ0) is 7.54. The maximum absolute atomic E-state index is 7.00.